The van der Waals surface area contributed by atoms with Crippen LogP contribution in [0.1, 0.15) is 11.1 Å². The highest BCUT2D eigenvalue weighted by molar-refractivity contribution is 5.41. The molecule has 3 nitrogen and oxygen atoms in total. The number of pyridine rings is 1. The summed E-state index contributed by atoms with van der Waals surface area (Å²) in [5.74, 6) is 0.587. The maximum atomic E-state index is 5.70. The van der Waals surface area contributed by atoms with Gasteiger partial charge in [0.15, 0.2) is 0 Å². The number of furan rings is 1. The first-order chi connectivity index (χ1) is 6.36. The molecule has 2 aromatic heterocycles. The summed E-state index contributed by atoms with van der Waals surface area (Å²) in [6.45, 7) is 0. The molecule has 0 fully saturated rings. The van der Waals surface area contributed by atoms with Crippen molar-refractivity contribution in [3.8, 4) is 0 Å². The van der Waals surface area contributed by atoms with Gasteiger partial charge in [0.05, 0.1) is 12.5 Å². The minimum absolute atomic E-state index is 0.587. The lowest BCUT2D eigenvalue weighted by Gasteiger charge is -2.00. The molecule has 0 radical (unpaired) electrons. The second-order valence-corrected chi connectivity index (χ2v) is 2.86. The Morgan fingerprint density at radius 2 is 2.31 bits per heavy atom. The fourth-order valence-electron chi connectivity index (χ4n) is 1.21. The number of hydrogen-bond acceptors (Lipinski definition) is 3. The van der Waals surface area contributed by atoms with Crippen LogP contribution in [0.15, 0.2) is 41.3 Å². The summed E-state index contributed by atoms with van der Waals surface area (Å²) < 4.78 is 4.97. The Balaban J connectivity index is 2.24. The van der Waals surface area contributed by atoms with Gasteiger partial charge in [-0.25, -0.2) is 4.98 Å². The quantitative estimate of drug-likeness (QED) is 0.755. The van der Waals surface area contributed by atoms with Crippen molar-refractivity contribution in [2.45, 2.75) is 6.42 Å². The van der Waals surface area contributed by atoms with Gasteiger partial charge in [-0.3, -0.25) is 0 Å². The Bertz CT molecular complexity index is 382. The molecule has 0 spiro atoms. The maximum Gasteiger partial charge on any atom is 0.126 e. The molecule has 0 unspecified atom stereocenters. The predicted molar refractivity (Wildman–Crippen MR) is 50.2 cm³/mol. The van der Waals surface area contributed by atoms with Gasteiger partial charge in [0.1, 0.15) is 5.82 Å². The third kappa shape index (κ3) is 1.69. The van der Waals surface area contributed by atoms with Crippen molar-refractivity contribution >= 4 is 5.82 Å². The van der Waals surface area contributed by atoms with E-state index in [0.717, 1.165) is 17.5 Å². The number of hydrogen-bond donors (Lipinski definition) is 1. The molecule has 0 aliphatic carbocycles. The van der Waals surface area contributed by atoms with E-state index in [1.54, 1.807) is 18.7 Å². The lowest BCUT2D eigenvalue weighted by molar-refractivity contribution is 0.564. The summed E-state index contributed by atoms with van der Waals surface area (Å²) in [5, 5.41) is 0. The standard InChI is InChI=1S/C10H10N2O/c11-10-9(2-1-4-12-10)6-8-3-5-13-7-8/h1-5,7H,6H2,(H2,11,12). The van der Waals surface area contributed by atoms with Crippen LogP contribution >= 0.6 is 0 Å². The lowest BCUT2D eigenvalue weighted by Crippen LogP contribution is -1.96. The van der Waals surface area contributed by atoms with Crippen LogP contribution < -0.4 is 5.73 Å². The third-order valence-corrected chi connectivity index (χ3v) is 1.90. The predicted octanol–water partition coefficient (Wildman–Crippen LogP) is 1.85. The minimum Gasteiger partial charge on any atom is -0.472 e. The highest BCUT2D eigenvalue weighted by Gasteiger charge is 2.01. The first-order valence-corrected chi connectivity index (χ1v) is 4.07. The van der Waals surface area contributed by atoms with E-state index in [1.807, 2.05) is 18.2 Å². The van der Waals surface area contributed by atoms with Crippen molar-refractivity contribution in [2.24, 2.45) is 0 Å². The van der Waals surface area contributed by atoms with Crippen LogP contribution in [0.5, 0.6) is 0 Å². The average Bonchev–Trinajstić information content (AvgIpc) is 2.61. The van der Waals surface area contributed by atoms with Crippen LogP contribution in [-0.4, -0.2) is 4.98 Å². The van der Waals surface area contributed by atoms with Gasteiger partial charge >= 0.3 is 0 Å². The van der Waals surface area contributed by atoms with Crippen LogP contribution in [0, 0.1) is 0 Å². The Labute approximate surface area is 76.2 Å². The number of nitrogens with two attached hydrogens (primary N) is 1. The van der Waals surface area contributed by atoms with Crippen LogP contribution in [-0.2, 0) is 6.42 Å². The van der Waals surface area contributed by atoms with E-state index >= 15 is 0 Å². The molecule has 0 atom stereocenters. The van der Waals surface area contributed by atoms with Crippen LogP contribution in [0.25, 0.3) is 0 Å². The zero-order valence-corrected chi connectivity index (χ0v) is 7.10. The first-order valence-electron chi connectivity index (χ1n) is 4.07. The van der Waals surface area contributed by atoms with Crippen LogP contribution in [0.4, 0.5) is 5.82 Å². The lowest BCUT2D eigenvalue weighted by atomic mass is 10.1. The van der Waals surface area contributed by atoms with Gasteiger partial charge in [0.25, 0.3) is 0 Å². The molecule has 13 heavy (non-hydrogen) atoms. The van der Waals surface area contributed by atoms with Gasteiger partial charge in [-0.05, 0) is 23.3 Å². The van der Waals surface area contributed by atoms with Crippen molar-refractivity contribution in [3.05, 3.63) is 48.0 Å². The molecule has 2 rings (SSSR count). The molecular formula is C10H10N2O. The largest absolute Gasteiger partial charge is 0.472 e. The molecule has 66 valence electrons. The highest BCUT2D eigenvalue weighted by atomic mass is 16.3. The summed E-state index contributed by atoms with van der Waals surface area (Å²) in [4.78, 5) is 4.01. The van der Waals surface area contributed by atoms with E-state index in [2.05, 4.69) is 4.98 Å². The first kappa shape index (κ1) is 7.86. The smallest absolute Gasteiger partial charge is 0.126 e. The molecule has 0 amide bonds. The summed E-state index contributed by atoms with van der Waals surface area (Å²) in [6, 6.07) is 5.77. The Morgan fingerprint density at radius 1 is 1.38 bits per heavy atom. The molecule has 0 bridgehead atoms. The van der Waals surface area contributed by atoms with Gasteiger partial charge in [0, 0.05) is 12.6 Å². The Kier molecular flexibility index (Phi) is 2.00. The van der Waals surface area contributed by atoms with E-state index in [1.165, 1.54) is 0 Å². The molecule has 0 aliphatic rings. The van der Waals surface area contributed by atoms with E-state index in [9.17, 15) is 0 Å². The van der Waals surface area contributed by atoms with E-state index in [0.29, 0.717) is 5.82 Å². The summed E-state index contributed by atoms with van der Waals surface area (Å²) in [6.07, 6.45) is 5.83. The summed E-state index contributed by atoms with van der Waals surface area (Å²) in [5.41, 5.74) is 7.84. The summed E-state index contributed by atoms with van der Waals surface area (Å²) in [7, 11) is 0. The molecular weight excluding hydrogens is 164 g/mol. The number of rotatable bonds is 2. The summed E-state index contributed by atoms with van der Waals surface area (Å²) >= 11 is 0. The maximum absolute atomic E-state index is 5.70. The Hall–Kier alpha value is -1.77. The normalized spacial score (nSPS) is 10.2. The second-order valence-electron chi connectivity index (χ2n) is 2.86. The number of nitrogen functional groups attached to an aromatic ring is 1. The molecule has 2 N–H and O–H groups in total. The van der Waals surface area contributed by atoms with Crippen molar-refractivity contribution in [2.75, 3.05) is 5.73 Å². The van der Waals surface area contributed by atoms with E-state index < -0.39 is 0 Å². The molecule has 0 saturated carbocycles. The molecule has 2 aromatic rings. The molecule has 0 saturated heterocycles. The molecule has 3 heteroatoms. The highest BCUT2D eigenvalue weighted by Crippen LogP contribution is 2.13. The number of aromatic nitrogens is 1. The van der Waals surface area contributed by atoms with Crippen LogP contribution in [0.3, 0.4) is 0 Å². The zero-order valence-electron chi connectivity index (χ0n) is 7.10. The molecule has 0 aliphatic heterocycles. The van der Waals surface area contributed by atoms with Crippen LogP contribution in [0.2, 0.25) is 0 Å². The van der Waals surface area contributed by atoms with Gasteiger partial charge in [-0.15, -0.1) is 0 Å². The number of anilines is 1. The number of nitrogens with zero attached hydrogens (tertiary/aromatic N) is 1. The molecule has 2 heterocycles. The fourth-order valence-corrected chi connectivity index (χ4v) is 1.21. The Morgan fingerprint density at radius 3 is 3.00 bits per heavy atom. The van der Waals surface area contributed by atoms with Crippen molar-refractivity contribution < 1.29 is 4.42 Å². The van der Waals surface area contributed by atoms with Crippen molar-refractivity contribution in [3.63, 3.8) is 0 Å². The SMILES string of the molecule is Nc1ncccc1Cc1ccoc1. The van der Waals surface area contributed by atoms with E-state index in [4.69, 9.17) is 10.2 Å². The minimum atomic E-state index is 0.587. The van der Waals surface area contributed by atoms with E-state index in [-0.39, 0.29) is 0 Å². The second kappa shape index (κ2) is 3.31. The van der Waals surface area contributed by atoms with Gasteiger partial charge < -0.3 is 10.2 Å². The monoisotopic (exact) mass is 174 g/mol. The fraction of sp³-hybridized carbons (Fsp3) is 0.100. The zero-order chi connectivity index (χ0) is 9.10. The topological polar surface area (TPSA) is 52.0 Å². The van der Waals surface area contributed by atoms with Gasteiger partial charge in [0.2, 0.25) is 0 Å². The van der Waals surface area contributed by atoms with Gasteiger partial charge in [-0.2, -0.15) is 0 Å². The molecule has 0 aromatic carbocycles. The van der Waals surface area contributed by atoms with Crippen molar-refractivity contribution in [1.82, 2.24) is 4.98 Å². The average molecular weight is 174 g/mol. The third-order valence-electron chi connectivity index (χ3n) is 1.90. The van der Waals surface area contributed by atoms with Crippen molar-refractivity contribution in [1.29, 1.82) is 0 Å². The van der Waals surface area contributed by atoms with Gasteiger partial charge in [-0.1, -0.05) is 6.07 Å².